The van der Waals surface area contributed by atoms with E-state index in [9.17, 15) is 53.6 Å². The molecule has 13 nitrogen and oxygen atoms in total. The van der Waals surface area contributed by atoms with Gasteiger partial charge in [-0.05, 0) is 106 Å². The van der Waals surface area contributed by atoms with Crippen LogP contribution in [0.3, 0.4) is 0 Å². The Morgan fingerprint density at radius 2 is 1.46 bits per heavy atom. The predicted octanol–water partition coefficient (Wildman–Crippen LogP) is 4.93. The number of rotatable bonds is 16. The van der Waals surface area contributed by atoms with Gasteiger partial charge in [0.25, 0.3) is 5.08 Å². The Morgan fingerprint density at radius 3 is 2.10 bits per heavy atom. The van der Waals surface area contributed by atoms with Crippen molar-refractivity contribution in [2.75, 3.05) is 6.54 Å². The molecule has 0 aromatic rings. The van der Waals surface area contributed by atoms with Gasteiger partial charge in [-0.3, -0.25) is 18.7 Å². The highest BCUT2D eigenvalue weighted by Crippen LogP contribution is 2.70. The van der Waals surface area contributed by atoms with E-state index in [2.05, 4.69) is 26.1 Å². The van der Waals surface area contributed by atoms with Crippen molar-refractivity contribution in [3.63, 3.8) is 0 Å². The van der Waals surface area contributed by atoms with Crippen LogP contribution in [0.4, 0.5) is 0 Å². The van der Waals surface area contributed by atoms with E-state index in [0.29, 0.717) is 37.0 Å². The van der Waals surface area contributed by atoms with Gasteiger partial charge < -0.3 is 44.9 Å². The molecule has 0 bridgehead atoms. The van der Waals surface area contributed by atoms with Gasteiger partial charge in [-0.15, -0.1) is 0 Å². The quantitative estimate of drug-likeness (QED) is 0.0597. The van der Waals surface area contributed by atoms with Gasteiger partial charge in [-0.25, -0.2) is 0 Å². The second-order valence-corrected chi connectivity index (χ2v) is 20.8. The standard InChI is InChI=1S/C35H63NO12P2/c1-5-6-7-8-16-34(4,40)29-11-10-25-24-22-28(27-21-23(37)14-18-32(27,2)26(24)15-19-33(25,29)3)48-31(39)13-12-30(38)36-20-9-17-35(41,49(42,43)44)50(45,46)47/h23-29,37,40-41H,5-22H2,1-4H3,(H,36,38)(H2,42,43,44)(H2,45,46,47)/t23-,24-,25-,26-,27+,28-,29-,32+,33-,34?/m0/s1. The number of hydrogen-bond acceptors (Lipinski definition) is 8. The van der Waals surface area contributed by atoms with Crippen LogP contribution >= 0.6 is 15.2 Å². The van der Waals surface area contributed by atoms with Crippen molar-refractivity contribution in [3.05, 3.63) is 0 Å². The fourth-order valence-electron chi connectivity index (χ4n) is 11.0. The van der Waals surface area contributed by atoms with Crippen molar-refractivity contribution in [2.24, 2.45) is 40.4 Å². The molecular weight excluding hydrogens is 688 g/mol. The fraction of sp³-hybridized carbons (Fsp3) is 0.943. The maximum Gasteiger partial charge on any atom is 0.369 e. The number of fused-ring (bicyclic) bond motifs is 5. The average Bonchev–Trinajstić information content (AvgIpc) is 3.38. The van der Waals surface area contributed by atoms with E-state index < -0.39 is 56.4 Å². The van der Waals surface area contributed by atoms with Crippen LogP contribution in [0.25, 0.3) is 0 Å². The molecule has 4 aliphatic rings. The van der Waals surface area contributed by atoms with Crippen LogP contribution in [0.15, 0.2) is 0 Å². The van der Waals surface area contributed by atoms with Crippen molar-refractivity contribution < 1.29 is 58.3 Å². The first kappa shape index (κ1) is 41.9. The summed E-state index contributed by atoms with van der Waals surface area (Å²) >= 11 is 0. The van der Waals surface area contributed by atoms with E-state index in [1.807, 2.05) is 6.92 Å². The van der Waals surface area contributed by atoms with Gasteiger partial charge in [0.05, 0.1) is 18.1 Å². The van der Waals surface area contributed by atoms with Crippen LogP contribution in [0.1, 0.15) is 137 Å². The summed E-state index contributed by atoms with van der Waals surface area (Å²) in [4.78, 5) is 62.8. The third-order valence-electron chi connectivity index (χ3n) is 13.7. The highest BCUT2D eigenvalue weighted by Gasteiger charge is 2.64. The maximum absolute atomic E-state index is 13.2. The predicted molar refractivity (Wildman–Crippen MR) is 186 cm³/mol. The topological polar surface area (TPSA) is 231 Å². The summed E-state index contributed by atoms with van der Waals surface area (Å²) in [6, 6.07) is 0. The van der Waals surface area contributed by atoms with Gasteiger partial charge in [-0.2, -0.15) is 0 Å². The number of hydrogen-bond donors (Lipinski definition) is 8. The minimum atomic E-state index is -5.58. The molecule has 0 aromatic carbocycles. The second kappa shape index (κ2) is 15.8. The molecule has 0 radical (unpaired) electrons. The molecule has 4 rings (SSSR count). The molecule has 1 unspecified atom stereocenters. The summed E-state index contributed by atoms with van der Waals surface area (Å²) in [5.74, 6) is 0.299. The van der Waals surface area contributed by atoms with E-state index in [4.69, 9.17) is 4.74 Å². The van der Waals surface area contributed by atoms with Crippen LogP contribution in [-0.4, -0.2) is 76.2 Å². The first-order valence-electron chi connectivity index (χ1n) is 18.8. The van der Waals surface area contributed by atoms with Crippen molar-refractivity contribution in [3.8, 4) is 0 Å². The maximum atomic E-state index is 13.2. The van der Waals surface area contributed by atoms with Crippen LogP contribution in [0.5, 0.6) is 0 Å². The summed E-state index contributed by atoms with van der Waals surface area (Å²) in [5, 5.41) is 31.5. The first-order valence-corrected chi connectivity index (χ1v) is 22.0. The molecule has 50 heavy (non-hydrogen) atoms. The first-order chi connectivity index (χ1) is 23.1. The van der Waals surface area contributed by atoms with E-state index in [0.717, 1.165) is 57.8 Å². The number of ether oxygens (including phenoxy) is 1. The smallest absolute Gasteiger partial charge is 0.369 e. The minimum Gasteiger partial charge on any atom is -0.462 e. The van der Waals surface area contributed by atoms with Gasteiger partial charge in [0.1, 0.15) is 6.10 Å². The zero-order chi connectivity index (χ0) is 37.3. The third-order valence-corrected chi connectivity index (χ3v) is 17.6. The summed E-state index contributed by atoms with van der Waals surface area (Å²) in [5.41, 5.74) is -0.840. The number of carbonyl (C=O) groups excluding carboxylic acids is 2. The lowest BCUT2D eigenvalue weighted by Crippen LogP contribution is -2.59. The molecule has 10 atom stereocenters. The van der Waals surface area contributed by atoms with Gasteiger partial charge in [0, 0.05) is 25.3 Å². The minimum absolute atomic E-state index is 0.00435. The van der Waals surface area contributed by atoms with Crippen LogP contribution < -0.4 is 5.32 Å². The number of amides is 1. The highest BCUT2D eigenvalue weighted by atomic mass is 31.2. The van der Waals surface area contributed by atoms with Crippen molar-refractivity contribution in [1.82, 2.24) is 5.32 Å². The van der Waals surface area contributed by atoms with Crippen LogP contribution in [-0.2, 0) is 23.5 Å². The Kier molecular flexibility index (Phi) is 13.3. The number of aliphatic hydroxyl groups excluding tert-OH is 1. The Balaban J connectivity index is 1.38. The molecule has 0 aliphatic heterocycles. The molecule has 0 aromatic heterocycles. The number of unbranched alkanes of at least 4 members (excludes halogenated alkanes) is 3. The Hall–Kier alpha value is -0.880. The molecule has 290 valence electrons. The molecule has 1 amide bonds. The zero-order valence-corrected chi connectivity index (χ0v) is 32.1. The van der Waals surface area contributed by atoms with Crippen molar-refractivity contribution in [1.29, 1.82) is 0 Å². The number of esters is 1. The molecule has 4 aliphatic carbocycles. The molecular formula is C35H63NO12P2. The Bertz CT molecular complexity index is 1280. The Morgan fingerprint density at radius 1 is 0.820 bits per heavy atom. The van der Waals surface area contributed by atoms with Crippen LogP contribution in [0, 0.1) is 40.4 Å². The lowest BCUT2D eigenvalue weighted by atomic mass is 9.43. The summed E-state index contributed by atoms with van der Waals surface area (Å²) < 4.78 is 29.3. The lowest BCUT2D eigenvalue weighted by Gasteiger charge is -2.63. The average molecular weight is 752 g/mol. The Labute approximate surface area is 297 Å². The largest absolute Gasteiger partial charge is 0.462 e. The van der Waals surface area contributed by atoms with E-state index in [1.54, 1.807) is 0 Å². The number of aliphatic hydroxyl groups is 3. The molecule has 4 saturated carbocycles. The molecule has 0 heterocycles. The van der Waals surface area contributed by atoms with E-state index in [1.165, 1.54) is 6.42 Å². The van der Waals surface area contributed by atoms with E-state index >= 15 is 0 Å². The molecule has 8 N–H and O–H groups in total. The van der Waals surface area contributed by atoms with Gasteiger partial charge in [0.15, 0.2) is 0 Å². The zero-order valence-electron chi connectivity index (χ0n) is 30.3. The van der Waals surface area contributed by atoms with Crippen LogP contribution in [0.2, 0.25) is 0 Å². The van der Waals surface area contributed by atoms with Crippen molar-refractivity contribution >= 4 is 27.1 Å². The van der Waals surface area contributed by atoms with Gasteiger partial charge in [0.2, 0.25) is 5.91 Å². The summed E-state index contributed by atoms with van der Waals surface area (Å²) in [6.07, 6.45) is 9.72. The van der Waals surface area contributed by atoms with Crippen molar-refractivity contribution in [2.45, 2.75) is 160 Å². The second-order valence-electron chi connectivity index (χ2n) is 16.8. The normalized spacial score (nSPS) is 35.7. The fourth-order valence-corrected chi connectivity index (χ4v) is 13.3. The molecule has 0 spiro atoms. The SMILES string of the molecule is CCCCCCC(C)(O)[C@H]1CC[C@H]2[C@@H]3C[C@H](OC(=O)CCC(=O)NCCCC(O)(P(=O)(O)O)P(=O)(O)O)[C@H]4C[C@@H](O)CC[C@]4(C)[C@H]3CC[C@]12C. The number of nitrogens with one attached hydrogen (secondary N) is 1. The summed E-state index contributed by atoms with van der Waals surface area (Å²) in [6.45, 7) is 8.69. The summed E-state index contributed by atoms with van der Waals surface area (Å²) in [7, 11) is -11.2. The number of carbonyl (C=O) groups is 2. The van der Waals surface area contributed by atoms with Gasteiger partial charge >= 0.3 is 21.2 Å². The molecule has 15 heteroatoms. The molecule has 0 saturated heterocycles. The monoisotopic (exact) mass is 751 g/mol. The highest BCUT2D eigenvalue weighted by molar-refractivity contribution is 7.72. The third kappa shape index (κ3) is 8.57. The van der Waals surface area contributed by atoms with E-state index in [-0.39, 0.29) is 48.5 Å². The molecule has 4 fully saturated rings. The lowest BCUT2D eigenvalue weighted by molar-refractivity contribution is -0.197. The van der Waals surface area contributed by atoms with Gasteiger partial charge in [-0.1, -0.05) is 46.5 Å².